The van der Waals surface area contributed by atoms with Crippen LogP contribution in [-0.4, -0.2) is 30.3 Å². The molecule has 1 heterocycles. The van der Waals surface area contributed by atoms with Crippen LogP contribution < -0.4 is 10.1 Å². The van der Waals surface area contributed by atoms with Gasteiger partial charge in [0.15, 0.2) is 0 Å². The summed E-state index contributed by atoms with van der Waals surface area (Å²) >= 11 is 0.985. The van der Waals surface area contributed by atoms with E-state index in [2.05, 4.69) is 10.3 Å². The van der Waals surface area contributed by atoms with Crippen LogP contribution in [0.4, 0.5) is 13.2 Å². The van der Waals surface area contributed by atoms with Crippen LogP contribution in [0.3, 0.4) is 0 Å². The average molecular weight is 472 g/mol. The Morgan fingerprint density at radius 3 is 2.39 bits per heavy atom. The predicted octanol–water partition coefficient (Wildman–Crippen LogP) is 5.48. The zero-order valence-corrected chi connectivity index (χ0v) is 18.7. The van der Waals surface area contributed by atoms with Gasteiger partial charge in [-0.3, -0.25) is 4.79 Å². The molecule has 0 aliphatic carbocycles. The molecule has 5 nitrogen and oxygen atoms in total. The van der Waals surface area contributed by atoms with Gasteiger partial charge < -0.3 is 10.1 Å². The molecule has 1 amide bonds. The smallest absolute Gasteiger partial charge is 0.417 e. The number of carbonyl (C=O) groups excluding carboxylic acids is 1. The van der Waals surface area contributed by atoms with Crippen molar-refractivity contribution in [2.24, 2.45) is 0 Å². The summed E-state index contributed by atoms with van der Waals surface area (Å²) in [5.41, 5.74) is 0.485. The summed E-state index contributed by atoms with van der Waals surface area (Å²) < 4.78 is 46.1. The first kappa shape index (κ1) is 24.1. The molecule has 0 fully saturated rings. The van der Waals surface area contributed by atoms with E-state index in [9.17, 15) is 23.2 Å². The van der Waals surface area contributed by atoms with Crippen LogP contribution in [-0.2, 0) is 6.18 Å². The molecule has 3 aromatic rings. The quantitative estimate of drug-likeness (QED) is 0.365. The van der Waals surface area contributed by atoms with E-state index in [-0.39, 0.29) is 28.9 Å². The Morgan fingerprint density at radius 2 is 1.82 bits per heavy atom. The highest BCUT2D eigenvalue weighted by molar-refractivity contribution is 7.99. The minimum Gasteiger partial charge on any atom is -0.497 e. The molecule has 0 atom stereocenters. The Labute approximate surface area is 193 Å². The van der Waals surface area contributed by atoms with Gasteiger partial charge >= 0.3 is 6.18 Å². The molecule has 170 valence electrons. The van der Waals surface area contributed by atoms with E-state index in [1.165, 1.54) is 7.11 Å². The lowest BCUT2D eigenvalue weighted by Crippen LogP contribution is -2.25. The molecule has 0 spiro atoms. The van der Waals surface area contributed by atoms with Gasteiger partial charge in [0.2, 0.25) is 0 Å². The number of nitrogens with one attached hydrogen (secondary N) is 1. The molecular formula is C24H20F3N3O2S. The molecule has 0 saturated heterocycles. The maximum atomic E-state index is 13.7. The molecule has 1 aromatic heterocycles. The predicted molar refractivity (Wildman–Crippen MR) is 120 cm³/mol. The van der Waals surface area contributed by atoms with Crippen LogP contribution in [0.15, 0.2) is 59.6 Å². The number of ether oxygens (including phenoxy) is 1. The minimum atomic E-state index is -4.72. The molecule has 0 unspecified atom stereocenters. The van der Waals surface area contributed by atoms with Crippen LogP contribution in [0.25, 0.3) is 11.3 Å². The van der Waals surface area contributed by atoms with E-state index in [0.717, 1.165) is 23.4 Å². The monoisotopic (exact) mass is 471 g/mol. The van der Waals surface area contributed by atoms with E-state index >= 15 is 0 Å². The number of methoxy groups -OCH3 is 1. The first-order chi connectivity index (χ1) is 15.7. The highest BCUT2D eigenvalue weighted by Crippen LogP contribution is 2.38. The largest absolute Gasteiger partial charge is 0.497 e. The number of nitrogens with zero attached hydrogens (tertiary/aromatic N) is 2. The summed E-state index contributed by atoms with van der Waals surface area (Å²) in [6, 6.07) is 16.0. The second-order valence-electron chi connectivity index (χ2n) is 7.04. The number of hydrogen-bond acceptors (Lipinski definition) is 5. The Morgan fingerprint density at radius 1 is 1.15 bits per heavy atom. The number of halogens is 3. The van der Waals surface area contributed by atoms with Gasteiger partial charge in [0.25, 0.3) is 5.91 Å². The molecule has 0 saturated carbocycles. The SMILES string of the molecule is COc1ccc(-c2cc(C(F)(F)F)c(C#N)c(SCCNC(=O)c3ccc(C)cc3)n2)cc1. The minimum absolute atomic E-state index is 0.0391. The molecular weight excluding hydrogens is 451 g/mol. The van der Waals surface area contributed by atoms with Gasteiger partial charge in [-0.05, 0) is 49.4 Å². The van der Waals surface area contributed by atoms with Crippen molar-refractivity contribution in [1.82, 2.24) is 10.3 Å². The summed E-state index contributed by atoms with van der Waals surface area (Å²) in [5, 5.41) is 12.1. The number of nitriles is 1. The zero-order valence-electron chi connectivity index (χ0n) is 17.9. The first-order valence-corrected chi connectivity index (χ1v) is 10.9. The Kier molecular flexibility index (Phi) is 7.61. The second-order valence-corrected chi connectivity index (χ2v) is 8.13. The van der Waals surface area contributed by atoms with E-state index in [1.54, 1.807) is 42.5 Å². The van der Waals surface area contributed by atoms with Gasteiger partial charge in [-0.15, -0.1) is 11.8 Å². The van der Waals surface area contributed by atoms with Crippen molar-refractivity contribution in [1.29, 1.82) is 5.26 Å². The fourth-order valence-electron chi connectivity index (χ4n) is 2.99. The molecule has 33 heavy (non-hydrogen) atoms. The van der Waals surface area contributed by atoms with Crippen molar-refractivity contribution < 1.29 is 22.7 Å². The van der Waals surface area contributed by atoms with Crippen molar-refractivity contribution in [3.8, 4) is 23.1 Å². The van der Waals surface area contributed by atoms with Crippen LogP contribution in [0.2, 0.25) is 0 Å². The van der Waals surface area contributed by atoms with E-state index < -0.39 is 17.3 Å². The third kappa shape index (κ3) is 6.05. The summed E-state index contributed by atoms with van der Waals surface area (Å²) in [6.07, 6.45) is -4.72. The lowest BCUT2D eigenvalue weighted by Gasteiger charge is -2.14. The first-order valence-electron chi connectivity index (χ1n) is 9.87. The summed E-state index contributed by atoms with van der Waals surface area (Å²) in [4.78, 5) is 16.5. The van der Waals surface area contributed by atoms with Crippen LogP contribution >= 0.6 is 11.8 Å². The van der Waals surface area contributed by atoms with Crippen molar-refractivity contribution in [2.75, 3.05) is 19.4 Å². The molecule has 0 aliphatic rings. The van der Waals surface area contributed by atoms with Crippen LogP contribution in [0, 0.1) is 18.3 Å². The Hall–Kier alpha value is -3.51. The van der Waals surface area contributed by atoms with E-state index in [0.29, 0.717) is 16.9 Å². The average Bonchev–Trinajstić information content (AvgIpc) is 2.81. The molecule has 9 heteroatoms. The Bertz CT molecular complexity index is 1170. The van der Waals surface area contributed by atoms with Crippen molar-refractivity contribution in [3.63, 3.8) is 0 Å². The number of thioether (sulfide) groups is 1. The summed E-state index contributed by atoms with van der Waals surface area (Å²) in [6.45, 7) is 2.10. The number of rotatable bonds is 7. The van der Waals surface area contributed by atoms with E-state index in [1.807, 2.05) is 19.1 Å². The number of carbonyl (C=O) groups is 1. The van der Waals surface area contributed by atoms with Crippen LogP contribution in [0.5, 0.6) is 5.75 Å². The lowest BCUT2D eigenvalue weighted by atomic mass is 10.1. The van der Waals surface area contributed by atoms with Gasteiger partial charge in [-0.1, -0.05) is 17.7 Å². The summed E-state index contributed by atoms with van der Waals surface area (Å²) in [7, 11) is 1.49. The molecule has 3 rings (SSSR count). The van der Waals surface area contributed by atoms with Gasteiger partial charge in [0.1, 0.15) is 16.8 Å². The maximum Gasteiger partial charge on any atom is 0.417 e. The summed E-state index contributed by atoms with van der Waals surface area (Å²) in [5.74, 6) is 0.511. The van der Waals surface area contributed by atoms with Crippen molar-refractivity contribution >= 4 is 17.7 Å². The molecule has 0 bridgehead atoms. The number of aryl methyl sites for hydroxylation is 1. The van der Waals surface area contributed by atoms with Crippen LogP contribution in [0.1, 0.15) is 27.0 Å². The zero-order chi connectivity index (χ0) is 24.0. The number of aromatic nitrogens is 1. The number of alkyl halides is 3. The molecule has 2 aromatic carbocycles. The number of amides is 1. The van der Waals surface area contributed by atoms with E-state index in [4.69, 9.17) is 4.74 Å². The van der Waals surface area contributed by atoms with Crippen molar-refractivity contribution in [2.45, 2.75) is 18.1 Å². The van der Waals surface area contributed by atoms with Gasteiger partial charge in [-0.2, -0.15) is 18.4 Å². The third-order valence-electron chi connectivity index (χ3n) is 4.73. The third-order valence-corrected chi connectivity index (χ3v) is 5.71. The van der Waals surface area contributed by atoms with Gasteiger partial charge in [0, 0.05) is 23.4 Å². The van der Waals surface area contributed by atoms with Gasteiger partial charge in [-0.25, -0.2) is 4.98 Å². The Balaban J connectivity index is 1.81. The topological polar surface area (TPSA) is 75.0 Å². The second kappa shape index (κ2) is 10.4. The normalized spacial score (nSPS) is 11.0. The number of benzene rings is 2. The fraction of sp³-hybridized carbons (Fsp3) is 0.208. The van der Waals surface area contributed by atoms with Gasteiger partial charge in [0.05, 0.1) is 23.9 Å². The fourth-order valence-corrected chi connectivity index (χ4v) is 3.85. The molecule has 1 N–H and O–H groups in total. The highest BCUT2D eigenvalue weighted by atomic mass is 32.2. The highest BCUT2D eigenvalue weighted by Gasteiger charge is 2.36. The molecule has 0 radical (unpaired) electrons. The number of hydrogen-bond donors (Lipinski definition) is 1. The lowest BCUT2D eigenvalue weighted by molar-refractivity contribution is -0.138. The standard InChI is InChI=1S/C24H20F3N3O2S/c1-15-3-5-17(6-4-15)22(31)29-11-12-33-23-19(14-28)20(24(25,26)27)13-21(30-23)16-7-9-18(32-2)10-8-16/h3-10,13H,11-12H2,1-2H3,(H,29,31). The maximum absolute atomic E-state index is 13.7. The van der Waals surface area contributed by atoms with Crippen molar-refractivity contribution in [3.05, 3.63) is 76.9 Å². The molecule has 0 aliphatic heterocycles. The number of pyridine rings is 1.